The average molecular weight is 421 g/mol. The van der Waals surface area contributed by atoms with Crippen LogP contribution < -0.4 is 26.1 Å². The first kappa shape index (κ1) is 22.2. The molecule has 2 aromatic rings. The molecule has 156 valence electrons. The van der Waals surface area contributed by atoms with E-state index in [1.54, 1.807) is 25.1 Å². The van der Waals surface area contributed by atoms with E-state index in [2.05, 4.69) is 20.7 Å². The van der Waals surface area contributed by atoms with Crippen LogP contribution in [0.3, 0.4) is 0 Å². The molecule has 2 rings (SSSR count). The molecule has 1 aromatic carbocycles. The van der Waals surface area contributed by atoms with Crippen molar-refractivity contribution in [2.24, 2.45) is 5.10 Å². The largest absolute Gasteiger partial charge is 0.490 e. The van der Waals surface area contributed by atoms with Crippen LogP contribution in [-0.4, -0.2) is 45.8 Å². The van der Waals surface area contributed by atoms with Crippen LogP contribution in [0.2, 0.25) is 0 Å². The van der Waals surface area contributed by atoms with Crippen molar-refractivity contribution in [1.29, 1.82) is 0 Å². The van der Waals surface area contributed by atoms with Gasteiger partial charge >= 0.3 is 5.69 Å². The Bertz CT molecular complexity index is 972. The third-order valence-electron chi connectivity index (χ3n) is 3.46. The Labute approximate surface area is 171 Å². The van der Waals surface area contributed by atoms with E-state index in [4.69, 9.17) is 9.47 Å². The number of aromatic nitrogens is 3. The SMILES string of the molecule is CCCOc1ccc(/C=N/NC(=O)C(C)Sc2n[nH]c(=O)[nH]c2=O)cc1OCC. The molecular weight excluding hydrogens is 398 g/mol. The van der Waals surface area contributed by atoms with Crippen molar-refractivity contribution in [1.82, 2.24) is 20.6 Å². The number of carbonyl (C=O) groups is 1. The Kier molecular flexibility index (Phi) is 8.46. The fourth-order valence-electron chi connectivity index (χ4n) is 2.10. The Morgan fingerprint density at radius 3 is 2.79 bits per heavy atom. The van der Waals surface area contributed by atoms with Crippen LogP contribution in [0.15, 0.2) is 37.9 Å². The Morgan fingerprint density at radius 2 is 2.10 bits per heavy atom. The second-order valence-electron chi connectivity index (χ2n) is 5.79. The van der Waals surface area contributed by atoms with Gasteiger partial charge in [-0.25, -0.2) is 15.3 Å². The molecule has 10 nitrogen and oxygen atoms in total. The monoisotopic (exact) mass is 421 g/mol. The van der Waals surface area contributed by atoms with Crippen LogP contribution in [0, 0.1) is 0 Å². The van der Waals surface area contributed by atoms with E-state index in [9.17, 15) is 14.4 Å². The smallest absolute Gasteiger partial charge is 0.342 e. The molecule has 0 saturated heterocycles. The summed E-state index contributed by atoms with van der Waals surface area (Å²) in [5, 5.41) is 9.00. The number of aromatic amines is 2. The van der Waals surface area contributed by atoms with Gasteiger partial charge in [-0.3, -0.25) is 14.6 Å². The molecule has 0 spiro atoms. The van der Waals surface area contributed by atoms with E-state index in [-0.39, 0.29) is 5.03 Å². The van der Waals surface area contributed by atoms with Crippen LogP contribution in [-0.2, 0) is 4.79 Å². The summed E-state index contributed by atoms with van der Waals surface area (Å²) in [6, 6.07) is 5.35. The number of H-pyrrole nitrogens is 2. The number of nitrogens with one attached hydrogen (secondary N) is 3. The van der Waals surface area contributed by atoms with Crippen LogP contribution in [0.25, 0.3) is 0 Å². The van der Waals surface area contributed by atoms with Gasteiger partial charge in [0, 0.05) is 0 Å². The van der Waals surface area contributed by atoms with Crippen LogP contribution in [0.1, 0.15) is 32.8 Å². The van der Waals surface area contributed by atoms with E-state index < -0.39 is 22.4 Å². The van der Waals surface area contributed by atoms with E-state index in [0.29, 0.717) is 24.7 Å². The molecule has 0 saturated carbocycles. The summed E-state index contributed by atoms with van der Waals surface area (Å²) in [5.74, 6) is 0.827. The van der Waals surface area contributed by atoms with Crippen molar-refractivity contribution in [2.75, 3.05) is 13.2 Å². The maximum absolute atomic E-state index is 12.2. The lowest BCUT2D eigenvalue weighted by atomic mass is 10.2. The number of carbonyl (C=O) groups excluding carboxylic acids is 1. The minimum Gasteiger partial charge on any atom is -0.490 e. The topological polar surface area (TPSA) is 139 Å². The standard InChI is InChI=1S/C18H23N5O5S/c1-4-8-28-13-7-6-12(9-14(13)27-5-2)10-19-21-15(24)11(3)29-17-16(25)20-18(26)23-22-17/h6-7,9-11H,4-5,8H2,1-3H3,(H,21,24)(H2,20,23,25,26)/b19-10+. The first-order chi connectivity index (χ1) is 13.9. The molecule has 3 N–H and O–H groups in total. The number of amides is 1. The molecule has 0 aliphatic carbocycles. The van der Waals surface area contributed by atoms with Gasteiger partial charge in [-0.2, -0.15) is 10.2 Å². The zero-order chi connectivity index (χ0) is 21.2. The number of hydrogen-bond donors (Lipinski definition) is 3. The highest BCUT2D eigenvalue weighted by Gasteiger charge is 2.17. The van der Waals surface area contributed by atoms with Crippen molar-refractivity contribution in [3.8, 4) is 11.5 Å². The van der Waals surface area contributed by atoms with Crippen molar-refractivity contribution in [3.05, 3.63) is 44.6 Å². The van der Waals surface area contributed by atoms with Gasteiger partial charge in [0.25, 0.3) is 11.5 Å². The van der Waals surface area contributed by atoms with Gasteiger partial charge in [-0.05, 0) is 44.0 Å². The fraction of sp³-hybridized carbons (Fsp3) is 0.389. The molecule has 0 aliphatic heterocycles. The normalized spacial score (nSPS) is 12.0. The number of ether oxygens (including phenoxy) is 2. The van der Waals surface area contributed by atoms with E-state index >= 15 is 0 Å². The summed E-state index contributed by atoms with van der Waals surface area (Å²) in [4.78, 5) is 36.8. The van der Waals surface area contributed by atoms with Crippen molar-refractivity contribution >= 4 is 23.9 Å². The summed E-state index contributed by atoms with van der Waals surface area (Å²) < 4.78 is 11.2. The summed E-state index contributed by atoms with van der Waals surface area (Å²) in [6.45, 7) is 6.58. The summed E-state index contributed by atoms with van der Waals surface area (Å²) in [6.07, 6.45) is 2.37. The number of hydrazone groups is 1. The molecule has 1 aromatic heterocycles. The lowest BCUT2D eigenvalue weighted by molar-refractivity contribution is -0.120. The molecule has 0 radical (unpaired) electrons. The first-order valence-corrected chi connectivity index (χ1v) is 9.90. The van der Waals surface area contributed by atoms with E-state index in [1.807, 2.05) is 18.8 Å². The zero-order valence-electron chi connectivity index (χ0n) is 16.4. The molecule has 0 bridgehead atoms. The number of thioether (sulfide) groups is 1. The van der Waals surface area contributed by atoms with E-state index in [1.165, 1.54) is 6.21 Å². The maximum atomic E-state index is 12.2. The maximum Gasteiger partial charge on any atom is 0.342 e. The molecule has 0 fully saturated rings. The van der Waals surface area contributed by atoms with Crippen LogP contribution in [0.4, 0.5) is 0 Å². The lowest BCUT2D eigenvalue weighted by Gasteiger charge is -2.12. The number of hydrogen-bond acceptors (Lipinski definition) is 8. The number of rotatable bonds is 10. The van der Waals surface area contributed by atoms with Gasteiger partial charge in [0.05, 0.1) is 24.7 Å². The fourth-order valence-corrected chi connectivity index (χ4v) is 2.85. The third kappa shape index (κ3) is 6.79. The Balaban J connectivity index is 1.98. The molecule has 1 unspecified atom stereocenters. The summed E-state index contributed by atoms with van der Waals surface area (Å²) in [7, 11) is 0. The van der Waals surface area contributed by atoms with Crippen molar-refractivity contribution in [2.45, 2.75) is 37.5 Å². The highest BCUT2D eigenvalue weighted by molar-refractivity contribution is 8.00. The second kappa shape index (κ2) is 11.1. The van der Waals surface area contributed by atoms with Gasteiger partial charge in [0.1, 0.15) is 0 Å². The summed E-state index contributed by atoms with van der Waals surface area (Å²) >= 11 is 0.904. The van der Waals surface area contributed by atoms with Gasteiger partial charge in [-0.15, -0.1) is 0 Å². The van der Waals surface area contributed by atoms with Crippen molar-refractivity contribution in [3.63, 3.8) is 0 Å². The highest BCUT2D eigenvalue weighted by atomic mass is 32.2. The molecular formula is C18H23N5O5S. The summed E-state index contributed by atoms with van der Waals surface area (Å²) in [5.41, 5.74) is 1.76. The molecule has 0 aliphatic rings. The van der Waals surface area contributed by atoms with E-state index in [0.717, 1.165) is 23.7 Å². The third-order valence-corrected chi connectivity index (χ3v) is 4.52. The minimum absolute atomic E-state index is 0.0137. The van der Waals surface area contributed by atoms with Gasteiger partial charge < -0.3 is 9.47 Å². The number of benzene rings is 1. The van der Waals surface area contributed by atoms with Crippen LogP contribution >= 0.6 is 11.8 Å². The quantitative estimate of drug-likeness (QED) is 0.298. The Hall–Kier alpha value is -3.08. The zero-order valence-corrected chi connectivity index (χ0v) is 17.2. The first-order valence-electron chi connectivity index (χ1n) is 9.02. The molecule has 11 heteroatoms. The number of nitrogens with zero attached hydrogens (tertiary/aromatic N) is 2. The average Bonchev–Trinajstić information content (AvgIpc) is 2.69. The van der Waals surface area contributed by atoms with Gasteiger partial charge in [0.15, 0.2) is 16.5 Å². The lowest BCUT2D eigenvalue weighted by Crippen LogP contribution is -2.30. The molecule has 1 amide bonds. The predicted molar refractivity (Wildman–Crippen MR) is 110 cm³/mol. The minimum atomic E-state index is -0.710. The molecule has 1 atom stereocenters. The molecule has 1 heterocycles. The van der Waals surface area contributed by atoms with Crippen LogP contribution in [0.5, 0.6) is 11.5 Å². The van der Waals surface area contributed by atoms with Gasteiger partial charge in [-0.1, -0.05) is 18.7 Å². The molecule has 29 heavy (non-hydrogen) atoms. The van der Waals surface area contributed by atoms with Gasteiger partial charge in [0.2, 0.25) is 0 Å². The predicted octanol–water partition coefficient (Wildman–Crippen LogP) is 1.28. The van der Waals surface area contributed by atoms with Crippen molar-refractivity contribution < 1.29 is 14.3 Å². The second-order valence-corrected chi connectivity index (χ2v) is 7.12. The highest BCUT2D eigenvalue weighted by Crippen LogP contribution is 2.28. The Morgan fingerprint density at radius 1 is 1.31 bits per heavy atom.